The molecule has 0 spiro atoms. The van der Waals surface area contributed by atoms with E-state index in [1.54, 1.807) is 5.57 Å². The van der Waals surface area contributed by atoms with Gasteiger partial charge in [0.1, 0.15) is 0 Å². The highest BCUT2D eigenvalue weighted by molar-refractivity contribution is 5.18. The van der Waals surface area contributed by atoms with Gasteiger partial charge >= 0.3 is 0 Å². The molecule has 0 aliphatic heterocycles. The van der Waals surface area contributed by atoms with E-state index in [1.165, 1.54) is 38.5 Å². The number of hydrogen-bond donors (Lipinski definition) is 0. The molecule has 0 heterocycles. The molecule has 2 aliphatic carbocycles. The van der Waals surface area contributed by atoms with E-state index in [0.29, 0.717) is 5.41 Å². The van der Waals surface area contributed by atoms with Crippen LogP contribution in [0, 0.1) is 17.3 Å². The molecule has 0 aromatic rings. The number of hydrogen-bond acceptors (Lipinski definition) is 0. The number of allylic oxidation sites excluding steroid dienone is 1. The molecular weight excluding hydrogens is 156 g/mol. The van der Waals surface area contributed by atoms with Crippen LogP contribution in [0.15, 0.2) is 12.2 Å². The summed E-state index contributed by atoms with van der Waals surface area (Å²) in [5.74, 6) is 1.73. The Morgan fingerprint density at radius 3 is 2.69 bits per heavy atom. The Morgan fingerprint density at radius 1 is 1.23 bits per heavy atom. The first-order valence-corrected chi connectivity index (χ1v) is 5.84. The minimum absolute atomic E-state index is 0.486. The zero-order chi connectivity index (χ0) is 9.47. The van der Waals surface area contributed by atoms with Gasteiger partial charge in [0.25, 0.3) is 0 Å². The highest BCUT2D eigenvalue weighted by Crippen LogP contribution is 2.52. The number of rotatable bonds is 0. The second-order valence-corrected chi connectivity index (χ2v) is 5.36. The van der Waals surface area contributed by atoms with Gasteiger partial charge < -0.3 is 0 Å². The lowest BCUT2D eigenvalue weighted by Gasteiger charge is -2.42. The summed E-state index contributed by atoms with van der Waals surface area (Å²) in [7, 11) is 0. The minimum Gasteiger partial charge on any atom is -0.0990 e. The fraction of sp³-hybridized carbons (Fsp3) is 0.846. The summed E-state index contributed by atoms with van der Waals surface area (Å²) in [6, 6.07) is 0. The van der Waals surface area contributed by atoms with Crippen molar-refractivity contribution in [3.63, 3.8) is 0 Å². The summed E-state index contributed by atoms with van der Waals surface area (Å²) in [6.45, 7) is 9.27. The molecule has 0 radical (unpaired) electrons. The fourth-order valence-electron chi connectivity index (χ4n) is 3.39. The lowest BCUT2D eigenvalue weighted by Crippen LogP contribution is -2.32. The minimum atomic E-state index is 0.486. The van der Waals surface area contributed by atoms with Crippen LogP contribution in [0.2, 0.25) is 0 Å². The Bertz CT molecular complexity index is 216. The van der Waals surface area contributed by atoms with Crippen LogP contribution in [0.5, 0.6) is 0 Å². The molecule has 13 heavy (non-hydrogen) atoms. The van der Waals surface area contributed by atoms with Gasteiger partial charge in [-0.3, -0.25) is 0 Å². The third-order valence-corrected chi connectivity index (χ3v) is 4.75. The maximum absolute atomic E-state index is 4.38. The predicted molar refractivity (Wildman–Crippen MR) is 57.6 cm³/mol. The van der Waals surface area contributed by atoms with Crippen LogP contribution < -0.4 is 0 Å². The standard InChI is InChI=1S/C13H22/c1-10-6-4-7-12-8-5-9-13(10,3)11(12)2/h10,12H,2,4-9H2,1,3H3. The third kappa shape index (κ3) is 1.35. The second kappa shape index (κ2) is 3.15. The molecule has 0 nitrogen and oxygen atoms in total. The van der Waals surface area contributed by atoms with E-state index in [-0.39, 0.29) is 0 Å². The van der Waals surface area contributed by atoms with Gasteiger partial charge in [-0.1, -0.05) is 38.8 Å². The molecule has 2 rings (SSSR count). The summed E-state index contributed by atoms with van der Waals surface area (Å²) in [5, 5.41) is 0. The molecule has 2 fully saturated rings. The molecule has 2 aliphatic rings. The van der Waals surface area contributed by atoms with Crippen molar-refractivity contribution in [3.05, 3.63) is 12.2 Å². The van der Waals surface area contributed by atoms with Crippen LogP contribution in [0.4, 0.5) is 0 Å². The first-order valence-electron chi connectivity index (χ1n) is 5.84. The SMILES string of the molecule is C=C1C2CCCC(C)C1(C)CCC2. The first kappa shape index (κ1) is 9.30. The summed E-state index contributed by atoms with van der Waals surface area (Å²) >= 11 is 0. The van der Waals surface area contributed by atoms with E-state index in [1.807, 2.05) is 0 Å². The average molecular weight is 178 g/mol. The van der Waals surface area contributed by atoms with Gasteiger partial charge in [0, 0.05) is 0 Å². The Kier molecular flexibility index (Phi) is 2.25. The molecule has 2 bridgehead atoms. The quantitative estimate of drug-likeness (QED) is 0.488. The maximum Gasteiger partial charge on any atom is -0.00907 e. The maximum atomic E-state index is 4.38. The lowest BCUT2D eigenvalue weighted by molar-refractivity contribution is 0.187. The van der Waals surface area contributed by atoms with Crippen molar-refractivity contribution >= 4 is 0 Å². The Labute approximate surface area is 82.4 Å². The van der Waals surface area contributed by atoms with Crippen molar-refractivity contribution in [2.24, 2.45) is 17.3 Å². The zero-order valence-electron chi connectivity index (χ0n) is 9.10. The fourth-order valence-corrected chi connectivity index (χ4v) is 3.39. The van der Waals surface area contributed by atoms with E-state index in [0.717, 1.165) is 11.8 Å². The molecule has 0 amide bonds. The molecule has 0 aromatic heterocycles. The van der Waals surface area contributed by atoms with Crippen molar-refractivity contribution < 1.29 is 0 Å². The molecule has 3 unspecified atom stereocenters. The molecule has 0 aromatic carbocycles. The molecule has 3 atom stereocenters. The van der Waals surface area contributed by atoms with E-state index in [9.17, 15) is 0 Å². The second-order valence-electron chi connectivity index (χ2n) is 5.36. The van der Waals surface area contributed by atoms with Crippen LogP contribution in [0.3, 0.4) is 0 Å². The molecular formula is C13H22. The van der Waals surface area contributed by atoms with Crippen molar-refractivity contribution in [2.45, 2.75) is 52.4 Å². The first-order chi connectivity index (χ1) is 6.14. The molecule has 74 valence electrons. The Morgan fingerprint density at radius 2 is 1.92 bits per heavy atom. The van der Waals surface area contributed by atoms with Crippen molar-refractivity contribution in [1.82, 2.24) is 0 Å². The highest BCUT2D eigenvalue weighted by Gasteiger charge is 2.41. The van der Waals surface area contributed by atoms with Gasteiger partial charge in [0.05, 0.1) is 0 Å². The van der Waals surface area contributed by atoms with Crippen molar-refractivity contribution in [3.8, 4) is 0 Å². The van der Waals surface area contributed by atoms with Gasteiger partial charge in [0.2, 0.25) is 0 Å². The predicted octanol–water partition coefficient (Wildman–Crippen LogP) is 4.17. The van der Waals surface area contributed by atoms with Crippen LogP contribution in [-0.2, 0) is 0 Å². The lowest BCUT2D eigenvalue weighted by atomic mass is 9.62. The van der Waals surface area contributed by atoms with E-state index < -0.39 is 0 Å². The largest absolute Gasteiger partial charge is 0.0990 e. The van der Waals surface area contributed by atoms with Crippen molar-refractivity contribution in [2.75, 3.05) is 0 Å². The third-order valence-electron chi connectivity index (χ3n) is 4.75. The zero-order valence-corrected chi connectivity index (χ0v) is 9.10. The average Bonchev–Trinajstić information content (AvgIpc) is 2.20. The van der Waals surface area contributed by atoms with E-state index >= 15 is 0 Å². The number of fused-ring (bicyclic) bond motifs is 2. The van der Waals surface area contributed by atoms with Gasteiger partial charge in [-0.15, -0.1) is 0 Å². The Hall–Kier alpha value is -0.260. The summed E-state index contributed by atoms with van der Waals surface area (Å²) in [5.41, 5.74) is 2.07. The normalized spacial score (nSPS) is 45.8. The van der Waals surface area contributed by atoms with Gasteiger partial charge in [-0.2, -0.15) is 0 Å². The molecule has 0 saturated heterocycles. The van der Waals surface area contributed by atoms with Gasteiger partial charge in [0.15, 0.2) is 0 Å². The Balaban J connectivity index is 2.30. The highest BCUT2D eigenvalue weighted by atomic mass is 14.5. The molecule has 0 N–H and O–H groups in total. The summed E-state index contributed by atoms with van der Waals surface area (Å²) < 4.78 is 0. The van der Waals surface area contributed by atoms with Crippen LogP contribution >= 0.6 is 0 Å². The summed E-state index contributed by atoms with van der Waals surface area (Å²) in [6.07, 6.45) is 8.51. The van der Waals surface area contributed by atoms with Crippen LogP contribution in [0.1, 0.15) is 52.4 Å². The topological polar surface area (TPSA) is 0 Å². The van der Waals surface area contributed by atoms with Crippen molar-refractivity contribution in [1.29, 1.82) is 0 Å². The smallest absolute Gasteiger partial charge is 0.00907 e. The van der Waals surface area contributed by atoms with E-state index in [4.69, 9.17) is 0 Å². The van der Waals surface area contributed by atoms with Gasteiger partial charge in [-0.05, 0) is 42.9 Å². The van der Waals surface area contributed by atoms with Crippen LogP contribution in [-0.4, -0.2) is 0 Å². The van der Waals surface area contributed by atoms with E-state index in [2.05, 4.69) is 20.4 Å². The monoisotopic (exact) mass is 178 g/mol. The molecule has 0 heteroatoms. The summed E-state index contributed by atoms with van der Waals surface area (Å²) in [4.78, 5) is 0. The van der Waals surface area contributed by atoms with Crippen LogP contribution in [0.25, 0.3) is 0 Å². The molecule has 2 saturated carbocycles. The van der Waals surface area contributed by atoms with Gasteiger partial charge in [-0.25, -0.2) is 0 Å².